The molecular formula is C25H30O6S2. The molecule has 6 nitrogen and oxygen atoms in total. The summed E-state index contributed by atoms with van der Waals surface area (Å²) in [7, 11) is -7.89. The second-order valence-electron chi connectivity index (χ2n) is 9.73. The van der Waals surface area contributed by atoms with Crippen molar-refractivity contribution in [3.05, 3.63) is 71.8 Å². The van der Waals surface area contributed by atoms with Crippen molar-refractivity contribution < 1.29 is 25.2 Å². The van der Waals surface area contributed by atoms with E-state index in [1.165, 1.54) is 24.3 Å². The molecule has 0 aromatic heterocycles. The molecule has 0 radical (unpaired) electrons. The Morgan fingerprint density at radius 2 is 1.03 bits per heavy atom. The quantitative estimate of drug-likeness (QED) is 0.396. The van der Waals surface area contributed by atoms with Gasteiger partial charge in [0.15, 0.2) is 0 Å². The minimum absolute atomic E-state index is 0.0564. The van der Waals surface area contributed by atoms with Crippen LogP contribution in [0, 0.1) is 36.5 Å². The summed E-state index contributed by atoms with van der Waals surface area (Å²) in [4.78, 5) is 0.214. The van der Waals surface area contributed by atoms with Crippen molar-refractivity contribution in [3.8, 4) is 0 Å². The van der Waals surface area contributed by atoms with Gasteiger partial charge in [0.1, 0.15) is 0 Å². The highest BCUT2D eigenvalue weighted by atomic mass is 32.2. The molecule has 0 saturated heterocycles. The zero-order chi connectivity index (χ0) is 24.1. The smallest absolute Gasteiger partial charge is 0.266 e. The van der Waals surface area contributed by atoms with E-state index in [2.05, 4.69) is 12.2 Å². The highest BCUT2D eigenvalue weighted by Gasteiger charge is 2.61. The molecule has 0 amide bonds. The van der Waals surface area contributed by atoms with Crippen molar-refractivity contribution in [2.75, 3.05) is 13.2 Å². The van der Waals surface area contributed by atoms with Gasteiger partial charge in [-0.3, -0.25) is 8.37 Å². The van der Waals surface area contributed by atoms with Crippen LogP contribution in [0.3, 0.4) is 0 Å². The van der Waals surface area contributed by atoms with Crippen LogP contribution < -0.4 is 0 Å². The Bertz CT molecular complexity index is 1160. The molecule has 4 atom stereocenters. The SMILES string of the molecule is Cc1ccc(S(=O)(=O)OC[C@@]2(C)[C@@H]3C=C[C@@H](C3)[C@@]2(C)COS(=O)(=O)c2ccc(C)cc2)cc1. The lowest BCUT2D eigenvalue weighted by Crippen LogP contribution is -2.48. The Labute approximate surface area is 196 Å². The Morgan fingerprint density at radius 1 is 0.697 bits per heavy atom. The van der Waals surface area contributed by atoms with E-state index in [-0.39, 0.29) is 34.8 Å². The number of allylic oxidation sites excluding steroid dienone is 2. The topological polar surface area (TPSA) is 86.7 Å². The summed E-state index contributed by atoms with van der Waals surface area (Å²) < 4.78 is 62.4. The van der Waals surface area contributed by atoms with Gasteiger partial charge in [-0.05, 0) is 56.4 Å². The lowest BCUT2D eigenvalue weighted by atomic mass is 9.60. The van der Waals surface area contributed by atoms with E-state index in [0.717, 1.165) is 17.5 Å². The second kappa shape index (κ2) is 8.34. The molecule has 2 aliphatic rings. The molecule has 0 N–H and O–H groups in total. The standard InChI is InChI=1S/C25H30O6S2/c1-18-5-11-22(12-6-18)32(26,27)30-16-24(3)20-9-10-21(15-20)25(24,4)17-31-33(28,29)23-13-7-19(2)8-14-23/h5-14,20-21H,15-17H2,1-4H3/t20-,21+,24+,25-. The first-order valence-corrected chi connectivity index (χ1v) is 13.8. The van der Waals surface area contributed by atoms with Crippen LogP contribution in [0.5, 0.6) is 0 Å². The highest BCUT2D eigenvalue weighted by molar-refractivity contribution is 7.87. The van der Waals surface area contributed by atoms with Crippen LogP contribution in [-0.2, 0) is 28.6 Å². The zero-order valence-corrected chi connectivity index (χ0v) is 20.9. The number of aryl methyl sites for hydroxylation is 2. The van der Waals surface area contributed by atoms with Crippen LogP contribution in [0.4, 0.5) is 0 Å². The summed E-state index contributed by atoms with van der Waals surface area (Å²) in [6, 6.07) is 13.0. The average Bonchev–Trinajstić information content (AvgIpc) is 3.34. The molecule has 0 unspecified atom stereocenters. The first-order valence-electron chi connectivity index (χ1n) is 11.0. The lowest BCUT2D eigenvalue weighted by Gasteiger charge is -2.46. The second-order valence-corrected chi connectivity index (χ2v) is 13.0. The molecule has 0 heterocycles. The van der Waals surface area contributed by atoms with Gasteiger partial charge in [-0.2, -0.15) is 16.8 Å². The van der Waals surface area contributed by atoms with Gasteiger partial charge >= 0.3 is 0 Å². The minimum Gasteiger partial charge on any atom is -0.266 e. The Balaban J connectivity index is 1.55. The average molecular weight is 491 g/mol. The van der Waals surface area contributed by atoms with E-state index in [0.29, 0.717) is 0 Å². The number of rotatable bonds is 8. The van der Waals surface area contributed by atoms with Gasteiger partial charge in [0.2, 0.25) is 0 Å². The normalized spacial score (nSPS) is 29.0. The number of benzene rings is 2. The van der Waals surface area contributed by atoms with Crippen molar-refractivity contribution in [2.45, 2.75) is 43.9 Å². The van der Waals surface area contributed by atoms with E-state index in [1.807, 2.05) is 27.7 Å². The first kappa shape index (κ1) is 24.1. The number of hydrogen-bond donors (Lipinski definition) is 0. The van der Waals surface area contributed by atoms with Gasteiger partial charge in [-0.15, -0.1) is 0 Å². The predicted molar refractivity (Wildman–Crippen MR) is 126 cm³/mol. The van der Waals surface area contributed by atoms with Gasteiger partial charge in [0, 0.05) is 10.8 Å². The predicted octanol–water partition coefficient (Wildman–Crippen LogP) is 4.63. The van der Waals surface area contributed by atoms with Gasteiger partial charge in [-0.25, -0.2) is 0 Å². The molecular weight excluding hydrogens is 460 g/mol. The molecule has 1 fully saturated rings. The van der Waals surface area contributed by atoms with E-state index in [1.54, 1.807) is 24.3 Å². The Morgan fingerprint density at radius 3 is 1.36 bits per heavy atom. The van der Waals surface area contributed by atoms with Gasteiger partial charge in [0.25, 0.3) is 20.2 Å². The Hall–Kier alpha value is -2.00. The molecule has 2 bridgehead atoms. The summed E-state index contributed by atoms with van der Waals surface area (Å²) in [5, 5.41) is 0. The molecule has 0 aliphatic heterocycles. The third kappa shape index (κ3) is 4.30. The summed E-state index contributed by atoms with van der Waals surface area (Å²) in [5.74, 6) is 0.151. The summed E-state index contributed by atoms with van der Waals surface area (Å²) in [6.45, 7) is 7.59. The number of fused-ring (bicyclic) bond motifs is 2. The third-order valence-corrected chi connectivity index (χ3v) is 10.2. The van der Waals surface area contributed by atoms with Crippen molar-refractivity contribution in [2.24, 2.45) is 22.7 Å². The molecule has 1 saturated carbocycles. The van der Waals surface area contributed by atoms with E-state index in [4.69, 9.17) is 8.37 Å². The number of hydrogen-bond acceptors (Lipinski definition) is 6. The van der Waals surface area contributed by atoms with Crippen molar-refractivity contribution in [3.63, 3.8) is 0 Å². The molecule has 33 heavy (non-hydrogen) atoms. The van der Waals surface area contributed by atoms with Gasteiger partial charge in [-0.1, -0.05) is 61.4 Å². The van der Waals surface area contributed by atoms with E-state index < -0.39 is 31.1 Å². The molecule has 2 aromatic rings. The van der Waals surface area contributed by atoms with Crippen molar-refractivity contribution in [1.82, 2.24) is 0 Å². The van der Waals surface area contributed by atoms with Crippen molar-refractivity contribution in [1.29, 1.82) is 0 Å². The lowest BCUT2D eigenvalue weighted by molar-refractivity contribution is -0.0228. The molecule has 4 rings (SSSR count). The first-order chi connectivity index (χ1) is 15.4. The van der Waals surface area contributed by atoms with Crippen LogP contribution in [0.15, 0.2) is 70.5 Å². The maximum atomic E-state index is 12.8. The van der Waals surface area contributed by atoms with E-state index >= 15 is 0 Å². The molecule has 0 spiro atoms. The maximum Gasteiger partial charge on any atom is 0.296 e. The third-order valence-electron chi connectivity index (χ3n) is 7.67. The highest BCUT2D eigenvalue weighted by Crippen LogP contribution is 2.63. The monoisotopic (exact) mass is 490 g/mol. The fourth-order valence-electron chi connectivity index (χ4n) is 4.98. The fourth-order valence-corrected chi connectivity index (χ4v) is 6.99. The summed E-state index contributed by atoms with van der Waals surface area (Å²) in [6.07, 6.45) is 4.99. The van der Waals surface area contributed by atoms with E-state index in [9.17, 15) is 16.8 Å². The molecule has 2 aliphatic carbocycles. The van der Waals surface area contributed by atoms with Crippen LogP contribution >= 0.6 is 0 Å². The van der Waals surface area contributed by atoms with Crippen LogP contribution in [0.25, 0.3) is 0 Å². The fraction of sp³-hybridized carbons (Fsp3) is 0.440. The summed E-state index contributed by atoms with van der Waals surface area (Å²) >= 11 is 0. The van der Waals surface area contributed by atoms with Crippen LogP contribution in [-0.4, -0.2) is 30.0 Å². The van der Waals surface area contributed by atoms with Crippen LogP contribution in [0.1, 0.15) is 31.4 Å². The molecule has 2 aromatic carbocycles. The largest absolute Gasteiger partial charge is 0.296 e. The van der Waals surface area contributed by atoms with Gasteiger partial charge < -0.3 is 0 Å². The zero-order valence-electron chi connectivity index (χ0n) is 19.3. The minimum atomic E-state index is -3.94. The Kier molecular flexibility index (Phi) is 6.10. The molecule has 178 valence electrons. The maximum absolute atomic E-state index is 12.8. The van der Waals surface area contributed by atoms with Crippen molar-refractivity contribution >= 4 is 20.2 Å². The molecule has 8 heteroatoms. The summed E-state index contributed by atoms with van der Waals surface area (Å²) in [5.41, 5.74) is 0.678. The van der Waals surface area contributed by atoms with Crippen LogP contribution in [0.2, 0.25) is 0 Å². The van der Waals surface area contributed by atoms with Gasteiger partial charge in [0.05, 0.1) is 23.0 Å².